The lowest BCUT2D eigenvalue weighted by atomic mass is 9.70. The van der Waals surface area contributed by atoms with E-state index in [-0.39, 0.29) is 30.3 Å². The van der Waals surface area contributed by atoms with Crippen molar-refractivity contribution in [2.24, 2.45) is 11.8 Å². The second kappa shape index (κ2) is 10.6. The normalized spacial score (nSPS) is 25.9. The number of fused-ring (bicyclic) bond motifs is 3. The zero-order chi connectivity index (χ0) is 25.3. The van der Waals surface area contributed by atoms with Crippen LogP contribution in [0, 0.1) is 11.8 Å². The summed E-state index contributed by atoms with van der Waals surface area (Å²) in [5, 5.41) is 22.0. The zero-order valence-electron chi connectivity index (χ0n) is 22.6. The summed E-state index contributed by atoms with van der Waals surface area (Å²) < 4.78 is 19.8. The van der Waals surface area contributed by atoms with Crippen LogP contribution in [0.5, 0.6) is 5.75 Å². The summed E-state index contributed by atoms with van der Waals surface area (Å²) in [4.78, 5) is 2.53. The molecule has 0 unspecified atom stereocenters. The SMILES string of the molecule is CC(C)CC[C@H]1CN2CCc3cc(CO)c(O[Si](C)(C)C(C)(C)C)cc3[C@@H]2C[C@@]1(O)CCC[19F]. The number of benzene rings is 1. The van der Waals surface area contributed by atoms with E-state index in [2.05, 4.69) is 64.7 Å². The molecule has 0 bridgehead atoms. The maximum atomic E-state index is 13.2. The Hall–Kier alpha value is -0.953. The van der Waals surface area contributed by atoms with Crippen molar-refractivity contribution in [3.05, 3.63) is 28.8 Å². The van der Waals surface area contributed by atoms with Gasteiger partial charge in [-0.05, 0) is 79.4 Å². The molecule has 4 nitrogen and oxygen atoms in total. The van der Waals surface area contributed by atoms with Crippen LogP contribution in [-0.4, -0.2) is 48.8 Å². The minimum atomic E-state index is -2.08. The average Bonchev–Trinajstić information content (AvgIpc) is 2.75. The first-order chi connectivity index (χ1) is 15.8. The molecule has 2 aliphatic heterocycles. The van der Waals surface area contributed by atoms with Gasteiger partial charge in [-0.25, -0.2) is 0 Å². The van der Waals surface area contributed by atoms with Gasteiger partial charge in [-0.15, -0.1) is 0 Å². The molecule has 1 aromatic carbocycles. The average molecular weight is 494 g/mol. The van der Waals surface area contributed by atoms with Crippen LogP contribution in [0.3, 0.4) is 0 Å². The summed E-state index contributed by atoms with van der Waals surface area (Å²) in [7, 11) is -2.08. The molecule has 6 heteroatoms. The summed E-state index contributed by atoms with van der Waals surface area (Å²) in [5.41, 5.74) is 2.49. The van der Waals surface area contributed by atoms with E-state index >= 15 is 0 Å². The lowest BCUT2D eigenvalue weighted by Gasteiger charge is -2.52. The van der Waals surface area contributed by atoms with Crippen LogP contribution in [0.4, 0.5) is 4.39 Å². The molecule has 0 amide bonds. The Kier molecular flexibility index (Phi) is 8.59. The monoisotopic (exact) mass is 493 g/mol. The Labute approximate surface area is 208 Å². The van der Waals surface area contributed by atoms with Gasteiger partial charge in [0.15, 0.2) is 0 Å². The number of alkyl halides is 1. The minimum Gasteiger partial charge on any atom is -0.543 e. The first kappa shape index (κ1) is 27.6. The van der Waals surface area contributed by atoms with Gasteiger partial charge in [0.1, 0.15) is 5.75 Å². The van der Waals surface area contributed by atoms with Gasteiger partial charge in [-0.1, -0.05) is 41.0 Å². The van der Waals surface area contributed by atoms with Gasteiger partial charge in [-0.2, -0.15) is 0 Å². The third-order valence-corrected chi connectivity index (χ3v) is 13.1. The van der Waals surface area contributed by atoms with Gasteiger partial charge in [0.2, 0.25) is 8.32 Å². The summed E-state index contributed by atoms with van der Waals surface area (Å²) in [6, 6.07) is 4.39. The van der Waals surface area contributed by atoms with Crippen LogP contribution in [0.15, 0.2) is 12.1 Å². The highest BCUT2D eigenvalue weighted by Crippen LogP contribution is 2.48. The van der Waals surface area contributed by atoms with Crippen LogP contribution in [0.2, 0.25) is 18.1 Å². The Morgan fingerprint density at radius 2 is 1.97 bits per heavy atom. The van der Waals surface area contributed by atoms with Crippen molar-refractivity contribution in [1.29, 1.82) is 0 Å². The summed E-state index contributed by atoms with van der Waals surface area (Å²) in [6.45, 7) is 17.0. The molecule has 2 N–H and O–H groups in total. The third kappa shape index (κ3) is 5.88. The number of hydrogen-bond acceptors (Lipinski definition) is 4. The Balaban J connectivity index is 1.96. The first-order valence-corrected chi connectivity index (χ1v) is 16.2. The van der Waals surface area contributed by atoms with Crippen LogP contribution >= 0.6 is 0 Å². The fourth-order valence-electron chi connectivity index (χ4n) is 5.47. The van der Waals surface area contributed by atoms with E-state index < -0.39 is 13.9 Å². The Morgan fingerprint density at radius 1 is 1.26 bits per heavy atom. The highest BCUT2D eigenvalue weighted by molar-refractivity contribution is 6.74. The van der Waals surface area contributed by atoms with Gasteiger partial charge >= 0.3 is 0 Å². The third-order valence-electron chi connectivity index (χ3n) is 8.73. The molecule has 2 heterocycles. The maximum absolute atomic E-state index is 13.2. The van der Waals surface area contributed by atoms with Crippen molar-refractivity contribution in [3.63, 3.8) is 0 Å². The number of aliphatic hydroxyl groups excluding tert-OH is 1. The smallest absolute Gasteiger partial charge is 0.250 e. The van der Waals surface area contributed by atoms with Crippen molar-refractivity contribution >= 4 is 8.32 Å². The largest absolute Gasteiger partial charge is 0.543 e. The number of aliphatic hydroxyl groups is 2. The highest BCUT2D eigenvalue weighted by atomic mass is 28.4. The molecule has 1 aromatic rings. The molecule has 0 radical (unpaired) electrons. The summed E-state index contributed by atoms with van der Waals surface area (Å²) in [5.74, 6) is 1.57. The maximum Gasteiger partial charge on any atom is 0.250 e. The van der Waals surface area contributed by atoms with Crippen molar-refractivity contribution in [2.45, 2.75) is 110 Å². The molecular weight excluding hydrogens is 445 g/mol. The van der Waals surface area contributed by atoms with E-state index in [0.29, 0.717) is 25.2 Å². The lowest BCUT2D eigenvalue weighted by molar-refractivity contribution is -0.108. The van der Waals surface area contributed by atoms with E-state index in [1.54, 1.807) is 0 Å². The molecule has 3 atom stereocenters. The number of nitrogens with zero attached hydrogens (tertiary/aromatic N) is 1. The molecule has 0 aliphatic carbocycles. The fourth-order valence-corrected chi connectivity index (χ4v) is 6.51. The van der Waals surface area contributed by atoms with Crippen molar-refractivity contribution in [3.8, 4) is 5.75 Å². The lowest BCUT2D eigenvalue weighted by Crippen LogP contribution is -2.55. The van der Waals surface area contributed by atoms with E-state index in [4.69, 9.17) is 4.43 Å². The number of hydrogen-bond donors (Lipinski definition) is 2. The molecule has 1 saturated heterocycles. The van der Waals surface area contributed by atoms with Crippen LogP contribution in [0.25, 0.3) is 0 Å². The zero-order valence-corrected chi connectivity index (χ0v) is 23.6. The molecule has 1 fully saturated rings. The topological polar surface area (TPSA) is 52.9 Å². The van der Waals surface area contributed by atoms with E-state index in [9.17, 15) is 14.6 Å². The summed E-state index contributed by atoms with van der Waals surface area (Å²) >= 11 is 0. The molecule has 0 aromatic heterocycles. The van der Waals surface area contributed by atoms with Gasteiger partial charge in [-0.3, -0.25) is 9.29 Å². The Morgan fingerprint density at radius 3 is 2.56 bits per heavy atom. The van der Waals surface area contributed by atoms with E-state index in [0.717, 1.165) is 43.7 Å². The van der Waals surface area contributed by atoms with Crippen LogP contribution < -0.4 is 4.43 Å². The second-order valence-electron chi connectivity index (χ2n) is 12.7. The van der Waals surface area contributed by atoms with Crippen LogP contribution in [-0.2, 0) is 13.0 Å². The number of halogens is 1. The molecule has 194 valence electrons. The van der Waals surface area contributed by atoms with Gasteiger partial charge in [0.05, 0.1) is 18.9 Å². The predicted octanol–water partition coefficient (Wildman–Crippen LogP) is 6.40. The Bertz CT molecular complexity index is 838. The standard InChI is InChI=1S/C28H48FNO3Si/c1-20(2)9-10-23-18-30-14-11-21-15-22(19-31)26(33-34(6,7)27(3,4)5)16-24(21)25(30)17-28(23,32)12-8-13-29/h15-16,20,23,25,31-32H,8-14,17-19H2,1-7H3/t23-,25-,28-/m0/s1/i29+0. The van der Waals surface area contributed by atoms with E-state index in [1.807, 2.05) is 0 Å². The van der Waals surface area contributed by atoms with E-state index in [1.165, 1.54) is 11.1 Å². The molecule has 0 saturated carbocycles. The van der Waals surface area contributed by atoms with Crippen molar-refractivity contribution < 1.29 is 19.0 Å². The van der Waals surface area contributed by atoms with Crippen molar-refractivity contribution in [1.82, 2.24) is 4.90 Å². The van der Waals surface area contributed by atoms with Crippen LogP contribution in [0.1, 0.15) is 89.5 Å². The van der Waals surface area contributed by atoms with Crippen molar-refractivity contribution in [2.75, 3.05) is 19.8 Å². The molecular formula is C28H48FNO3Si. The predicted molar refractivity (Wildman–Crippen MR) is 141 cm³/mol. The van der Waals surface area contributed by atoms with Gasteiger partial charge < -0.3 is 14.6 Å². The molecule has 3 rings (SSSR count). The quantitative estimate of drug-likeness (QED) is 0.391. The first-order valence-electron chi connectivity index (χ1n) is 13.3. The van der Waals surface area contributed by atoms with Gasteiger partial charge in [0.25, 0.3) is 0 Å². The minimum absolute atomic E-state index is 0.0384. The van der Waals surface area contributed by atoms with Gasteiger partial charge in [0, 0.05) is 30.6 Å². The molecule has 2 aliphatic rings. The number of piperidine rings is 1. The second-order valence-corrected chi connectivity index (χ2v) is 17.4. The highest BCUT2D eigenvalue weighted by Gasteiger charge is 2.47. The fraction of sp³-hybridized carbons (Fsp3) is 0.786. The summed E-state index contributed by atoms with van der Waals surface area (Å²) in [6.07, 6.45) is 4.59. The number of rotatable bonds is 9. The molecule has 0 spiro atoms. The molecule has 34 heavy (non-hydrogen) atoms.